The second kappa shape index (κ2) is 6.98. The highest BCUT2D eigenvalue weighted by Crippen LogP contribution is 2.22. The van der Waals surface area contributed by atoms with Crippen molar-refractivity contribution in [3.8, 4) is 5.75 Å². The Bertz CT molecular complexity index is 552. The van der Waals surface area contributed by atoms with Gasteiger partial charge in [-0.05, 0) is 37.4 Å². The zero-order valence-electron chi connectivity index (χ0n) is 10.8. The molecule has 0 saturated heterocycles. The Labute approximate surface area is 118 Å². The van der Waals surface area contributed by atoms with Gasteiger partial charge in [0.25, 0.3) is 0 Å². The normalized spacial score (nSPS) is 11.4. The predicted octanol–water partition coefficient (Wildman–Crippen LogP) is 3.98. The van der Waals surface area contributed by atoms with Gasteiger partial charge in [0.15, 0.2) is 0 Å². The molecular weight excluding hydrogens is 258 g/mol. The van der Waals surface area contributed by atoms with Crippen molar-refractivity contribution in [3.05, 3.63) is 71.3 Å². The highest BCUT2D eigenvalue weighted by Gasteiger charge is 2.04. The molecule has 2 aromatic rings. The number of ether oxygens (including phenoxy) is 1. The van der Waals surface area contributed by atoms with Crippen LogP contribution in [0.25, 0.3) is 5.76 Å². The second-order valence-corrected chi connectivity index (χ2v) is 4.49. The highest BCUT2D eigenvalue weighted by molar-refractivity contribution is 6.30. The maximum atomic E-state index is 6.03. The van der Waals surface area contributed by atoms with Crippen LogP contribution in [0.1, 0.15) is 5.56 Å². The second-order valence-electron chi connectivity index (χ2n) is 4.05. The smallest absolute Gasteiger partial charge is 0.131 e. The molecule has 2 nitrogen and oxygen atoms in total. The van der Waals surface area contributed by atoms with E-state index in [1.165, 1.54) is 0 Å². The molecule has 0 aliphatic heterocycles. The first-order valence-corrected chi connectivity index (χ1v) is 6.51. The molecular formula is C16H16ClNO. The number of rotatable bonds is 5. The van der Waals surface area contributed by atoms with E-state index in [1.54, 1.807) is 0 Å². The van der Waals surface area contributed by atoms with E-state index in [4.69, 9.17) is 16.3 Å². The molecule has 0 spiro atoms. The van der Waals surface area contributed by atoms with E-state index in [1.807, 2.05) is 67.7 Å². The van der Waals surface area contributed by atoms with Crippen molar-refractivity contribution >= 4 is 17.4 Å². The molecule has 2 aromatic carbocycles. The number of halogens is 1. The van der Waals surface area contributed by atoms with Gasteiger partial charge in [-0.15, -0.1) is 0 Å². The van der Waals surface area contributed by atoms with E-state index >= 15 is 0 Å². The lowest BCUT2D eigenvalue weighted by atomic mass is 10.2. The summed E-state index contributed by atoms with van der Waals surface area (Å²) < 4.78 is 5.92. The fraction of sp³-hybridized carbons (Fsp3) is 0.125. The molecule has 0 fully saturated rings. The van der Waals surface area contributed by atoms with E-state index in [2.05, 4.69) is 5.32 Å². The molecule has 0 amide bonds. The summed E-state index contributed by atoms with van der Waals surface area (Å²) in [7, 11) is 1.90. The van der Waals surface area contributed by atoms with Crippen LogP contribution in [0.5, 0.6) is 5.75 Å². The molecule has 0 aliphatic carbocycles. The lowest BCUT2D eigenvalue weighted by Crippen LogP contribution is -2.07. The van der Waals surface area contributed by atoms with E-state index in [9.17, 15) is 0 Å². The average molecular weight is 274 g/mol. The van der Waals surface area contributed by atoms with Crippen LogP contribution < -0.4 is 10.1 Å². The zero-order chi connectivity index (χ0) is 13.5. The SMILES string of the molecule is CNCC=C(Oc1ccccc1)c1cccc(Cl)c1. The Morgan fingerprint density at radius 1 is 1.16 bits per heavy atom. The van der Waals surface area contributed by atoms with Crippen molar-refractivity contribution in [3.63, 3.8) is 0 Å². The number of nitrogens with one attached hydrogen (secondary N) is 1. The van der Waals surface area contributed by atoms with Crippen LogP contribution in [0.15, 0.2) is 60.7 Å². The van der Waals surface area contributed by atoms with Crippen LogP contribution in [0.4, 0.5) is 0 Å². The van der Waals surface area contributed by atoms with Crippen LogP contribution in [-0.2, 0) is 0 Å². The summed E-state index contributed by atoms with van der Waals surface area (Å²) in [5.74, 6) is 1.60. The third-order valence-corrected chi connectivity index (χ3v) is 2.81. The van der Waals surface area contributed by atoms with Crippen molar-refractivity contribution in [1.29, 1.82) is 0 Å². The molecule has 98 valence electrons. The van der Waals surface area contributed by atoms with Crippen LogP contribution in [0, 0.1) is 0 Å². The predicted molar refractivity (Wildman–Crippen MR) is 80.4 cm³/mol. The van der Waals surface area contributed by atoms with E-state index in [0.29, 0.717) is 5.02 Å². The number of hydrogen-bond donors (Lipinski definition) is 1. The first-order valence-electron chi connectivity index (χ1n) is 6.13. The minimum Gasteiger partial charge on any atom is -0.457 e. The van der Waals surface area contributed by atoms with Gasteiger partial charge in [-0.25, -0.2) is 0 Å². The van der Waals surface area contributed by atoms with E-state index in [-0.39, 0.29) is 0 Å². The molecule has 0 bridgehead atoms. The fourth-order valence-electron chi connectivity index (χ4n) is 1.67. The van der Waals surface area contributed by atoms with Crippen molar-refractivity contribution in [2.24, 2.45) is 0 Å². The van der Waals surface area contributed by atoms with E-state index < -0.39 is 0 Å². The van der Waals surface area contributed by atoms with Crippen LogP contribution in [-0.4, -0.2) is 13.6 Å². The lowest BCUT2D eigenvalue weighted by molar-refractivity contribution is 0.513. The Hall–Kier alpha value is -1.77. The summed E-state index contributed by atoms with van der Waals surface area (Å²) in [6.07, 6.45) is 2.00. The zero-order valence-corrected chi connectivity index (χ0v) is 11.5. The Morgan fingerprint density at radius 2 is 1.95 bits per heavy atom. The molecule has 19 heavy (non-hydrogen) atoms. The summed E-state index contributed by atoms with van der Waals surface area (Å²) in [5.41, 5.74) is 0.964. The average Bonchev–Trinajstić information content (AvgIpc) is 2.44. The maximum absolute atomic E-state index is 6.03. The van der Waals surface area contributed by atoms with E-state index in [0.717, 1.165) is 23.6 Å². The van der Waals surface area contributed by atoms with Crippen molar-refractivity contribution < 1.29 is 4.74 Å². The van der Waals surface area contributed by atoms with Crippen molar-refractivity contribution in [2.45, 2.75) is 0 Å². The summed E-state index contributed by atoms with van der Waals surface area (Å²) in [5, 5.41) is 3.78. The largest absolute Gasteiger partial charge is 0.457 e. The monoisotopic (exact) mass is 273 g/mol. The Kier molecular flexibility index (Phi) is 5.01. The molecule has 0 aromatic heterocycles. The molecule has 0 aliphatic rings. The molecule has 0 heterocycles. The Balaban J connectivity index is 2.26. The summed E-state index contributed by atoms with van der Waals surface area (Å²) in [4.78, 5) is 0. The summed E-state index contributed by atoms with van der Waals surface area (Å²) >= 11 is 6.03. The van der Waals surface area contributed by atoms with Gasteiger partial charge in [0, 0.05) is 17.1 Å². The molecule has 2 rings (SSSR count). The van der Waals surface area contributed by atoms with Gasteiger partial charge >= 0.3 is 0 Å². The third-order valence-electron chi connectivity index (χ3n) is 2.57. The van der Waals surface area contributed by atoms with Gasteiger partial charge in [-0.1, -0.05) is 41.9 Å². The van der Waals surface area contributed by atoms with Crippen molar-refractivity contribution in [2.75, 3.05) is 13.6 Å². The van der Waals surface area contributed by atoms with Crippen molar-refractivity contribution in [1.82, 2.24) is 5.32 Å². The number of hydrogen-bond acceptors (Lipinski definition) is 2. The summed E-state index contributed by atoms with van der Waals surface area (Å²) in [6.45, 7) is 0.731. The highest BCUT2D eigenvalue weighted by atomic mass is 35.5. The molecule has 3 heteroatoms. The molecule has 0 saturated carbocycles. The first kappa shape index (κ1) is 13.7. The molecule has 0 radical (unpaired) electrons. The number of para-hydroxylation sites is 1. The minimum absolute atomic E-state index is 0.699. The number of benzene rings is 2. The summed E-state index contributed by atoms with van der Waals surface area (Å²) in [6, 6.07) is 17.4. The van der Waals surface area contributed by atoms with Gasteiger partial charge < -0.3 is 10.1 Å². The maximum Gasteiger partial charge on any atom is 0.131 e. The van der Waals surface area contributed by atoms with Gasteiger partial charge in [0.2, 0.25) is 0 Å². The van der Waals surface area contributed by atoms with Gasteiger partial charge in [-0.3, -0.25) is 0 Å². The number of likely N-dealkylation sites (N-methyl/N-ethyl adjacent to an activating group) is 1. The quantitative estimate of drug-likeness (QED) is 0.832. The third kappa shape index (κ3) is 4.12. The topological polar surface area (TPSA) is 21.3 Å². The van der Waals surface area contributed by atoms with Gasteiger partial charge in [0.1, 0.15) is 11.5 Å². The van der Waals surface area contributed by atoms with Gasteiger partial charge in [-0.2, -0.15) is 0 Å². The lowest BCUT2D eigenvalue weighted by Gasteiger charge is -2.11. The standard InChI is InChI=1S/C16H16ClNO/c1-18-11-10-16(13-6-5-7-14(17)12-13)19-15-8-3-2-4-9-15/h2-10,12,18H,11H2,1H3. The van der Waals surface area contributed by atoms with Gasteiger partial charge in [0.05, 0.1) is 0 Å². The van der Waals surface area contributed by atoms with Crippen LogP contribution >= 0.6 is 11.6 Å². The van der Waals surface area contributed by atoms with Crippen LogP contribution in [0.2, 0.25) is 5.02 Å². The first-order chi connectivity index (χ1) is 9.29. The minimum atomic E-state index is 0.699. The molecule has 0 atom stereocenters. The Morgan fingerprint density at radius 3 is 2.63 bits per heavy atom. The molecule has 1 N–H and O–H groups in total. The van der Waals surface area contributed by atoms with Crippen LogP contribution in [0.3, 0.4) is 0 Å². The fourth-order valence-corrected chi connectivity index (χ4v) is 1.86. The molecule has 0 unspecified atom stereocenters.